The van der Waals surface area contributed by atoms with Crippen LogP contribution in [-0.2, 0) is 22.7 Å². The fourth-order valence-electron chi connectivity index (χ4n) is 3.19. The van der Waals surface area contributed by atoms with Gasteiger partial charge in [-0.25, -0.2) is 14.5 Å². The van der Waals surface area contributed by atoms with E-state index in [-0.39, 0.29) is 12.2 Å². The first kappa shape index (κ1) is 23.2. The summed E-state index contributed by atoms with van der Waals surface area (Å²) >= 11 is 16.0. The van der Waals surface area contributed by atoms with Crippen LogP contribution in [0, 0.1) is 6.92 Å². The number of nitrogens with zero attached hydrogens (tertiary/aromatic N) is 4. The summed E-state index contributed by atoms with van der Waals surface area (Å²) in [7, 11) is 0. The maximum absolute atomic E-state index is 12.3. The molecule has 0 fully saturated rings. The number of carbonyl (C=O) groups is 1. The van der Waals surface area contributed by atoms with Crippen molar-refractivity contribution in [3.8, 4) is 0 Å². The molecule has 0 unspecified atom stereocenters. The molecule has 0 atom stereocenters. The molecule has 33 heavy (non-hydrogen) atoms. The summed E-state index contributed by atoms with van der Waals surface area (Å²) in [5.41, 5.74) is 2.69. The van der Waals surface area contributed by atoms with E-state index in [9.17, 15) is 9.59 Å². The van der Waals surface area contributed by atoms with Gasteiger partial charge in [0.15, 0.2) is 0 Å². The molecule has 10 heteroatoms. The number of fused-ring (bicyclic) bond motifs is 1. The topological polar surface area (TPSA) is 78.5 Å². The number of halogens is 3. The molecule has 7 nitrogen and oxygen atoms in total. The highest BCUT2D eigenvalue weighted by Gasteiger charge is 2.13. The van der Waals surface area contributed by atoms with Crippen molar-refractivity contribution in [3.63, 3.8) is 0 Å². The molecule has 3 heterocycles. The summed E-state index contributed by atoms with van der Waals surface area (Å²) < 4.78 is 9.02. The SMILES string of the molecule is Cc1nn(Cc2ccccc2Cl)c(Cl)c1/C=C/C(=O)OCc1cc(=O)n2cc(Br)ccc2n1. The number of hydrogen-bond donors (Lipinski definition) is 0. The Labute approximate surface area is 207 Å². The van der Waals surface area contributed by atoms with E-state index in [4.69, 9.17) is 27.9 Å². The summed E-state index contributed by atoms with van der Waals surface area (Å²) in [4.78, 5) is 28.8. The van der Waals surface area contributed by atoms with Crippen molar-refractivity contribution in [2.45, 2.75) is 20.1 Å². The van der Waals surface area contributed by atoms with Crippen molar-refractivity contribution < 1.29 is 9.53 Å². The monoisotopic (exact) mass is 546 g/mol. The van der Waals surface area contributed by atoms with E-state index in [1.807, 2.05) is 18.2 Å². The number of esters is 1. The lowest BCUT2D eigenvalue weighted by Crippen LogP contribution is -2.16. The van der Waals surface area contributed by atoms with Gasteiger partial charge in [0, 0.05) is 33.4 Å². The van der Waals surface area contributed by atoms with Crippen LogP contribution < -0.4 is 5.56 Å². The van der Waals surface area contributed by atoms with E-state index in [2.05, 4.69) is 26.0 Å². The first-order chi connectivity index (χ1) is 15.8. The first-order valence-electron chi connectivity index (χ1n) is 9.81. The Bertz CT molecular complexity index is 1450. The molecule has 0 aliphatic carbocycles. The maximum atomic E-state index is 12.3. The van der Waals surface area contributed by atoms with Crippen molar-refractivity contribution >= 4 is 56.8 Å². The molecule has 168 valence electrons. The highest BCUT2D eigenvalue weighted by molar-refractivity contribution is 9.10. The molecule has 0 bridgehead atoms. The molecule has 0 amide bonds. The molecule has 0 spiro atoms. The molecule has 0 aliphatic heterocycles. The Hall–Kier alpha value is -2.94. The number of hydrogen-bond acceptors (Lipinski definition) is 5. The van der Waals surface area contributed by atoms with Gasteiger partial charge in [-0.05, 0) is 52.7 Å². The number of aromatic nitrogens is 4. The number of ether oxygens (including phenoxy) is 1. The summed E-state index contributed by atoms with van der Waals surface area (Å²) in [6, 6.07) is 12.2. The van der Waals surface area contributed by atoms with Gasteiger partial charge >= 0.3 is 5.97 Å². The third-order valence-electron chi connectivity index (χ3n) is 4.81. The van der Waals surface area contributed by atoms with Crippen molar-refractivity contribution in [1.29, 1.82) is 0 Å². The van der Waals surface area contributed by atoms with E-state index in [1.165, 1.54) is 16.5 Å². The number of benzene rings is 1. The van der Waals surface area contributed by atoms with Crippen LogP contribution in [0.25, 0.3) is 11.7 Å². The third-order valence-corrected chi connectivity index (χ3v) is 6.05. The van der Waals surface area contributed by atoms with E-state index < -0.39 is 5.97 Å². The van der Waals surface area contributed by atoms with Gasteiger partial charge in [-0.1, -0.05) is 41.4 Å². The summed E-state index contributed by atoms with van der Waals surface area (Å²) in [5, 5.41) is 5.44. The Kier molecular flexibility index (Phi) is 6.97. The minimum Gasteiger partial charge on any atom is -0.456 e. The van der Waals surface area contributed by atoms with E-state index in [1.54, 1.807) is 42.1 Å². The highest BCUT2D eigenvalue weighted by atomic mass is 79.9. The summed E-state index contributed by atoms with van der Waals surface area (Å²) in [6.07, 6.45) is 4.44. The van der Waals surface area contributed by atoms with Crippen molar-refractivity contribution in [1.82, 2.24) is 19.2 Å². The Morgan fingerprint density at radius 2 is 2.00 bits per heavy atom. The van der Waals surface area contributed by atoms with Crippen LogP contribution in [0.3, 0.4) is 0 Å². The molecule has 4 rings (SSSR count). The molecule has 4 aromatic rings. The fourth-order valence-corrected chi connectivity index (χ4v) is 4.02. The second-order valence-electron chi connectivity index (χ2n) is 7.14. The second kappa shape index (κ2) is 9.91. The van der Waals surface area contributed by atoms with Crippen molar-refractivity contribution in [3.05, 3.63) is 102 Å². The average molecular weight is 548 g/mol. The van der Waals surface area contributed by atoms with E-state index in [0.29, 0.717) is 39.3 Å². The smallest absolute Gasteiger partial charge is 0.331 e. The van der Waals surface area contributed by atoms with Crippen LogP contribution in [0.15, 0.2) is 64.0 Å². The zero-order valence-corrected chi connectivity index (χ0v) is 20.4. The van der Waals surface area contributed by atoms with E-state index >= 15 is 0 Å². The summed E-state index contributed by atoms with van der Waals surface area (Å²) in [6.45, 7) is 2.06. The zero-order chi connectivity index (χ0) is 23.5. The molecule has 0 aliphatic rings. The van der Waals surface area contributed by atoms with Crippen LogP contribution in [0.1, 0.15) is 22.5 Å². The molecule has 0 radical (unpaired) electrons. The standard InChI is InChI=1S/C23H17BrCl2N4O3/c1-14-18(23(26)30(28-14)11-15-4-2-3-5-19(15)25)7-9-22(32)33-13-17-10-21(31)29-12-16(24)6-8-20(29)27-17/h2-10,12H,11,13H2,1H3/b9-7+. The van der Waals surface area contributed by atoms with Gasteiger partial charge in [0.05, 0.1) is 17.9 Å². The van der Waals surface area contributed by atoms with E-state index in [0.717, 1.165) is 10.0 Å². The van der Waals surface area contributed by atoms with Crippen molar-refractivity contribution in [2.24, 2.45) is 0 Å². The predicted octanol–water partition coefficient (Wildman–Crippen LogP) is 5.07. The molecule has 0 saturated carbocycles. The Balaban J connectivity index is 1.44. The largest absolute Gasteiger partial charge is 0.456 e. The van der Waals surface area contributed by atoms with Gasteiger partial charge in [-0.3, -0.25) is 9.20 Å². The molecule has 0 N–H and O–H groups in total. The number of carbonyl (C=O) groups excluding carboxylic acids is 1. The lowest BCUT2D eigenvalue weighted by atomic mass is 10.2. The number of aryl methyl sites for hydroxylation is 1. The molecule has 0 saturated heterocycles. The third kappa shape index (κ3) is 5.35. The van der Waals surface area contributed by atoms with Gasteiger partial charge < -0.3 is 4.74 Å². The predicted molar refractivity (Wildman–Crippen MR) is 131 cm³/mol. The van der Waals surface area contributed by atoms with Gasteiger partial charge in [0.1, 0.15) is 17.4 Å². The van der Waals surface area contributed by atoms with Gasteiger partial charge in [0.2, 0.25) is 0 Å². The lowest BCUT2D eigenvalue weighted by Gasteiger charge is -2.05. The number of rotatable bonds is 6. The highest BCUT2D eigenvalue weighted by Crippen LogP contribution is 2.24. The van der Waals surface area contributed by atoms with Gasteiger partial charge in [-0.2, -0.15) is 5.10 Å². The quantitative estimate of drug-likeness (QED) is 0.248. The second-order valence-corrected chi connectivity index (χ2v) is 8.82. The zero-order valence-electron chi connectivity index (χ0n) is 17.3. The normalized spacial score (nSPS) is 11.4. The van der Waals surface area contributed by atoms with Gasteiger partial charge in [0.25, 0.3) is 5.56 Å². The van der Waals surface area contributed by atoms with Crippen LogP contribution in [0.5, 0.6) is 0 Å². The Morgan fingerprint density at radius 3 is 2.79 bits per heavy atom. The van der Waals surface area contributed by atoms with Crippen molar-refractivity contribution in [2.75, 3.05) is 0 Å². The van der Waals surface area contributed by atoms with Crippen LogP contribution in [0.2, 0.25) is 10.2 Å². The summed E-state index contributed by atoms with van der Waals surface area (Å²) in [5.74, 6) is -0.595. The van der Waals surface area contributed by atoms with Crippen LogP contribution >= 0.6 is 39.1 Å². The molecular formula is C23H17BrCl2N4O3. The van der Waals surface area contributed by atoms with Gasteiger partial charge in [-0.15, -0.1) is 0 Å². The lowest BCUT2D eigenvalue weighted by molar-refractivity contribution is -0.139. The minimum atomic E-state index is -0.595. The number of pyridine rings is 1. The fraction of sp³-hybridized carbons (Fsp3) is 0.130. The molecular weight excluding hydrogens is 531 g/mol. The molecule has 3 aromatic heterocycles. The molecule has 1 aromatic carbocycles. The van der Waals surface area contributed by atoms with Crippen LogP contribution in [-0.4, -0.2) is 25.1 Å². The Morgan fingerprint density at radius 1 is 1.21 bits per heavy atom. The first-order valence-corrected chi connectivity index (χ1v) is 11.4. The minimum absolute atomic E-state index is 0.135. The van der Waals surface area contributed by atoms with Crippen LogP contribution in [0.4, 0.5) is 0 Å². The maximum Gasteiger partial charge on any atom is 0.331 e. The average Bonchev–Trinajstić information content (AvgIpc) is 3.05.